The molecule has 1 fully saturated rings. The van der Waals surface area contributed by atoms with Crippen molar-refractivity contribution >= 4 is 29.1 Å². The molecule has 0 saturated heterocycles. The van der Waals surface area contributed by atoms with Gasteiger partial charge in [0.25, 0.3) is 5.91 Å². The number of halogens is 1. The zero-order valence-electron chi connectivity index (χ0n) is 15.4. The Morgan fingerprint density at radius 1 is 1.22 bits per heavy atom. The fraction of sp³-hybridized carbons (Fsp3) is 0.381. The number of carbonyl (C=O) groups excluding carboxylic acids is 2. The van der Waals surface area contributed by atoms with Gasteiger partial charge in [-0.2, -0.15) is 0 Å². The smallest absolute Gasteiger partial charge is 0.270 e. The second-order valence-corrected chi connectivity index (χ2v) is 7.49. The highest BCUT2D eigenvalue weighted by atomic mass is 35.5. The van der Waals surface area contributed by atoms with Crippen LogP contribution in [0.1, 0.15) is 55.1 Å². The Hall–Kier alpha value is -2.40. The summed E-state index contributed by atoms with van der Waals surface area (Å²) >= 11 is 6.10. The van der Waals surface area contributed by atoms with Gasteiger partial charge in [0.1, 0.15) is 5.69 Å². The predicted octanol–water partition coefficient (Wildman–Crippen LogP) is 4.37. The molecule has 1 aliphatic carbocycles. The van der Waals surface area contributed by atoms with E-state index in [4.69, 9.17) is 11.6 Å². The highest BCUT2D eigenvalue weighted by molar-refractivity contribution is 6.31. The van der Waals surface area contributed by atoms with Gasteiger partial charge in [-0.05, 0) is 49.4 Å². The molecule has 0 bridgehead atoms. The molecule has 1 aromatic carbocycles. The van der Waals surface area contributed by atoms with Crippen LogP contribution in [0.25, 0.3) is 0 Å². The molecular formula is C21H24ClN3O2. The fourth-order valence-corrected chi connectivity index (χ4v) is 3.68. The number of amides is 2. The zero-order valence-corrected chi connectivity index (χ0v) is 16.2. The monoisotopic (exact) mass is 385 g/mol. The minimum absolute atomic E-state index is 0.0865. The number of anilines is 1. The minimum Gasteiger partial charge on any atom is -0.345 e. The molecule has 27 heavy (non-hydrogen) atoms. The maximum absolute atomic E-state index is 12.6. The number of hydrogen-bond donors (Lipinski definition) is 2. The molecule has 2 amide bonds. The van der Waals surface area contributed by atoms with Crippen LogP contribution < -0.4 is 10.6 Å². The van der Waals surface area contributed by atoms with Crippen molar-refractivity contribution in [3.63, 3.8) is 0 Å². The van der Waals surface area contributed by atoms with Crippen molar-refractivity contribution in [2.75, 3.05) is 5.32 Å². The molecule has 5 nitrogen and oxygen atoms in total. The van der Waals surface area contributed by atoms with Crippen molar-refractivity contribution in [2.24, 2.45) is 0 Å². The summed E-state index contributed by atoms with van der Waals surface area (Å²) in [5, 5.41) is 6.51. The van der Waals surface area contributed by atoms with E-state index < -0.39 is 0 Å². The van der Waals surface area contributed by atoms with Crippen molar-refractivity contribution in [1.29, 1.82) is 0 Å². The Morgan fingerprint density at radius 2 is 2.00 bits per heavy atom. The summed E-state index contributed by atoms with van der Waals surface area (Å²) in [7, 11) is 0. The van der Waals surface area contributed by atoms with Crippen LogP contribution in [0.15, 0.2) is 42.6 Å². The number of nitrogens with one attached hydrogen (secondary N) is 2. The third-order valence-electron chi connectivity index (χ3n) is 5.00. The van der Waals surface area contributed by atoms with Crippen LogP contribution in [0.4, 0.5) is 5.69 Å². The second kappa shape index (κ2) is 8.53. The summed E-state index contributed by atoms with van der Waals surface area (Å²) in [6.07, 6.45) is 6.89. The Labute approximate surface area is 164 Å². The maximum atomic E-state index is 12.6. The first kappa shape index (κ1) is 19.4. The molecule has 0 atom stereocenters. The first-order valence-electron chi connectivity index (χ1n) is 9.33. The van der Waals surface area contributed by atoms with E-state index in [1.165, 1.54) is 6.20 Å². The second-order valence-electron chi connectivity index (χ2n) is 7.08. The molecule has 0 unspecified atom stereocenters. The average molecular weight is 386 g/mol. The molecular weight excluding hydrogens is 362 g/mol. The van der Waals surface area contributed by atoms with Crippen molar-refractivity contribution in [3.05, 3.63) is 58.9 Å². The van der Waals surface area contributed by atoms with Crippen LogP contribution in [-0.2, 0) is 11.2 Å². The number of pyridine rings is 1. The quantitative estimate of drug-likeness (QED) is 0.743. The van der Waals surface area contributed by atoms with Gasteiger partial charge < -0.3 is 10.6 Å². The lowest BCUT2D eigenvalue weighted by Gasteiger charge is -2.42. The van der Waals surface area contributed by atoms with E-state index >= 15 is 0 Å². The van der Waals surface area contributed by atoms with Crippen LogP contribution >= 0.6 is 11.6 Å². The fourth-order valence-electron chi connectivity index (χ4n) is 3.48. The molecule has 1 aliphatic rings. The van der Waals surface area contributed by atoms with E-state index in [0.717, 1.165) is 37.7 Å². The Bertz CT molecular complexity index is 834. The predicted molar refractivity (Wildman–Crippen MR) is 107 cm³/mol. The molecule has 1 saturated carbocycles. The number of hydrogen-bond acceptors (Lipinski definition) is 3. The van der Waals surface area contributed by atoms with E-state index in [0.29, 0.717) is 16.4 Å². The van der Waals surface area contributed by atoms with E-state index in [-0.39, 0.29) is 23.8 Å². The summed E-state index contributed by atoms with van der Waals surface area (Å²) in [6, 6.07) is 10.5. The minimum atomic E-state index is -0.192. The summed E-state index contributed by atoms with van der Waals surface area (Å²) in [5.41, 5.74) is 1.53. The van der Waals surface area contributed by atoms with Gasteiger partial charge in [-0.25, -0.2) is 0 Å². The third kappa shape index (κ3) is 4.86. The topological polar surface area (TPSA) is 71.1 Å². The Kier molecular flexibility index (Phi) is 6.11. The number of carbonyl (C=O) groups is 2. The average Bonchev–Trinajstić information content (AvgIpc) is 2.62. The Balaban J connectivity index is 1.64. The van der Waals surface area contributed by atoms with E-state index in [1.54, 1.807) is 18.2 Å². The molecule has 1 aromatic heterocycles. The van der Waals surface area contributed by atoms with E-state index in [1.807, 2.05) is 18.2 Å². The van der Waals surface area contributed by atoms with Gasteiger partial charge in [0.05, 0.1) is 6.42 Å². The highest BCUT2D eigenvalue weighted by Crippen LogP contribution is 2.36. The van der Waals surface area contributed by atoms with E-state index in [2.05, 4.69) is 22.5 Å². The summed E-state index contributed by atoms with van der Waals surface area (Å²) in [6.45, 7) is 2.12. The molecule has 2 N–H and O–H groups in total. The molecule has 0 spiro atoms. The molecule has 0 aliphatic heterocycles. The molecule has 1 heterocycles. The van der Waals surface area contributed by atoms with Crippen molar-refractivity contribution in [3.8, 4) is 0 Å². The molecule has 142 valence electrons. The van der Waals surface area contributed by atoms with Gasteiger partial charge in [-0.15, -0.1) is 0 Å². The third-order valence-corrected chi connectivity index (χ3v) is 5.37. The van der Waals surface area contributed by atoms with Gasteiger partial charge in [0.2, 0.25) is 5.91 Å². The van der Waals surface area contributed by atoms with Gasteiger partial charge in [0, 0.05) is 22.4 Å². The summed E-state index contributed by atoms with van der Waals surface area (Å²) in [4.78, 5) is 29.1. The molecule has 0 radical (unpaired) electrons. The normalized spacial score (nSPS) is 14.9. The zero-order chi connectivity index (χ0) is 19.3. The van der Waals surface area contributed by atoms with Crippen molar-refractivity contribution in [1.82, 2.24) is 10.3 Å². The molecule has 3 rings (SSSR count). The lowest BCUT2D eigenvalue weighted by molar-refractivity contribution is -0.115. The number of benzene rings is 1. The van der Waals surface area contributed by atoms with Crippen LogP contribution in [0.5, 0.6) is 0 Å². The lowest BCUT2D eigenvalue weighted by Crippen LogP contribution is -2.53. The highest BCUT2D eigenvalue weighted by Gasteiger charge is 2.37. The standard InChI is InChI=1S/C21H24ClN3O2/c1-2-9-21(10-5-11-21)25-20(27)18-14-16(8-12-23-18)24-19(26)13-15-6-3-4-7-17(15)22/h3-4,6-8,12,14H,2,5,9-11,13H2,1H3,(H,25,27)(H,23,24,26). The lowest BCUT2D eigenvalue weighted by atomic mass is 9.73. The maximum Gasteiger partial charge on any atom is 0.270 e. The first-order chi connectivity index (χ1) is 13.0. The van der Waals surface area contributed by atoms with Crippen LogP contribution in [0.3, 0.4) is 0 Å². The van der Waals surface area contributed by atoms with Crippen LogP contribution in [-0.4, -0.2) is 22.3 Å². The van der Waals surface area contributed by atoms with Gasteiger partial charge in [0.15, 0.2) is 0 Å². The van der Waals surface area contributed by atoms with Crippen molar-refractivity contribution in [2.45, 2.75) is 51.0 Å². The molecule has 6 heteroatoms. The molecule has 2 aromatic rings. The Morgan fingerprint density at radius 3 is 2.67 bits per heavy atom. The number of aromatic nitrogens is 1. The first-order valence-corrected chi connectivity index (χ1v) is 9.71. The van der Waals surface area contributed by atoms with E-state index in [9.17, 15) is 9.59 Å². The number of rotatable bonds is 7. The van der Waals surface area contributed by atoms with Gasteiger partial charge in [-0.1, -0.05) is 43.1 Å². The number of nitrogens with zero attached hydrogens (tertiary/aromatic N) is 1. The van der Waals surface area contributed by atoms with Gasteiger partial charge in [-0.3, -0.25) is 14.6 Å². The van der Waals surface area contributed by atoms with Crippen LogP contribution in [0.2, 0.25) is 5.02 Å². The summed E-state index contributed by atoms with van der Waals surface area (Å²) < 4.78 is 0. The van der Waals surface area contributed by atoms with Gasteiger partial charge >= 0.3 is 0 Å². The summed E-state index contributed by atoms with van der Waals surface area (Å²) in [5.74, 6) is -0.382. The largest absolute Gasteiger partial charge is 0.345 e. The SMILES string of the molecule is CCCC1(NC(=O)c2cc(NC(=O)Cc3ccccc3Cl)ccn2)CCC1. The van der Waals surface area contributed by atoms with Crippen molar-refractivity contribution < 1.29 is 9.59 Å². The van der Waals surface area contributed by atoms with Crippen LogP contribution in [0, 0.1) is 0 Å².